The number of allylic oxidation sites excluding steroid dienone is 1. The summed E-state index contributed by atoms with van der Waals surface area (Å²) in [6.07, 6.45) is 5.48. The number of ether oxygens (including phenoxy) is 2. The smallest absolute Gasteiger partial charge is 0.231 e. The average Bonchev–Trinajstić information content (AvgIpc) is 3.53. The minimum Gasteiger partial charge on any atom is -0.491 e. The van der Waals surface area contributed by atoms with Crippen LogP contribution >= 0.6 is 15.9 Å². The first-order valence-electron chi connectivity index (χ1n) is 17.5. The number of para-hydroxylation sites is 1. The number of carbonyl (C=O) groups excluding carboxylic acids is 1. The summed E-state index contributed by atoms with van der Waals surface area (Å²) in [5, 5.41) is 40.3. The van der Waals surface area contributed by atoms with Gasteiger partial charge in [0.25, 0.3) is 0 Å². The molecule has 10 nitrogen and oxygen atoms in total. The third-order valence-corrected chi connectivity index (χ3v) is 9.67. The summed E-state index contributed by atoms with van der Waals surface area (Å²) >= 11 is 3.22. The lowest BCUT2D eigenvalue weighted by molar-refractivity contribution is -0.120. The fraction of sp³-hybridized carbons (Fsp3) is 0.538. The largest absolute Gasteiger partial charge is 0.491 e. The molecule has 1 aliphatic rings. The number of hydrogen-bond donors (Lipinski definition) is 6. The van der Waals surface area contributed by atoms with Crippen molar-refractivity contribution in [1.82, 2.24) is 20.9 Å². The Labute approximate surface area is 306 Å². The predicted molar refractivity (Wildman–Crippen MR) is 204 cm³/mol. The lowest BCUT2D eigenvalue weighted by Crippen LogP contribution is -2.54. The molecule has 2 aromatic carbocycles. The topological polar surface area (TPSA) is 152 Å². The Morgan fingerprint density at radius 2 is 1.74 bits per heavy atom. The SMILES string of the molecule is C=CCc1ccccc1OCC(O)CNC(C)C.CC1(NCC(O)COc2cccc3[nH]c(C#N)cc23)CCC(C(C)(C)NC(=O)CBr)CC1. The van der Waals surface area contributed by atoms with Gasteiger partial charge in [-0.2, -0.15) is 5.26 Å². The summed E-state index contributed by atoms with van der Waals surface area (Å²) in [4.78, 5) is 14.8. The molecule has 1 aromatic heterocycles. The molecule has 3 aromatic rings. The molecular formula is C39H56BrN5O5. The van der Waals surface area contributed by atoms with E-state index >= 15 is 0 Å². The lowest BCUT2D eigenvalue weighted by atomic mass is 9.70. The van der Waals surface area contributed by atoms with Crippen LogP contribution in [-0.2, 0) is 11.2 Å². The van der Waals surface area contributed by atoms with Crippen LogP contribution in [0.4, 0.5) is 0 Å². The second kappa shape index (κ2) is 19.8. The molecule has 0 saturated heterocycles. The predicted octanol–water partition coefficient (Wildman–Crippen LogP) is 5.76. The Morgan fingerprint density at radius 1 is 1.10 bits per heavy atom. The summed E-state index contributed by atoms with van der Waals surface area (Å²) in [5.41, 5.74) is 2.14. The number of aliphatic hydroxyl groups excluding tert-OH is 2. The van der Waals surface area contributed by atoms with E-state index in [2.05, 4.69) is 70.3 Å². The number of halogens is 1. The van der Waals surface area contributed by atoms with E-state index in [1.54, 1.807) is 6.07 Å². The number of H-pyrrole nitrogens is 1. The monoisotopic (exact) mass is 753 g/mol. The Morgan fingerprint density at radius 3 is 2.38 bits per heavy atom. The van der Waals surface area contributed by atoms with Crippen LogP contribution in [0, 0.1) is 17.2 Å². The zero-order valence-electron chi connectivity index (χ0n) is 30.2. The van der Waals surface area contributed by atoms with Crippen molar-refractivity contribution in [3.63, 3.8) is 0 Å². The van der Waals surface area contributed by atoms with Gasteiger partial charge in [0, 0.05) is 35.6 Å². The number of rotatable bonds is 17. The minimum absolute atomic E-state index is 0.0174. The Hall–Kier alpha value is -3.40. The molecule has 6 N–H and O–H groups in total. The maximum atomic E-state index is 11.8. The lowest BCUT2D eigenvalue weighted by Gasteiger charge is -2.44. The maximum absolute atomic E-state index is 11.8. The highest BCUT2D eigenvalue weighted by molar-refractivity contribution is 9.09. The standard InChI is InChI=1S/C24H33BrN4O3.C15H23NO2/c1-23(2,29-22(31)12-25)16-7-9-24(3,10-8-16)27-14-18(30)15-32-21-6-4-5-20-19(21)11-17(13-26)28-20;1-4-7-13-8-5-6-9-15(13)18-11-14(17)10-16-12(2)3/h4-6,11,16,18,27-28,30H,7-10,12,14-15H2,1-3H3,(H,29,31);4-6,8-9,12,14,16-17H,1,7,10-11H2,2-3H3. The number of nitriles is 1. The molecule has 0 spiro atoms. The zero-order valence-corrected chi connectivity index (χ0v) is 31.8. The number of β-amino-alcohol motifs (C(OH)–C–C–N with tert-alkyl or cyclic N) is 1. The third kappa shape index (κ3) is 13.1. The molecule has 1 amide bonds. The molecule has 274 valence electrons. The van der Waals surface area contributed by atoms with Gasteiger partial charge in [0.15, 0.2) is 0 Å². The van der Waals surface area contributed by atoms with Gasteiger partial charge in [-0.15, -0.1) is 6.58 Å². The van der Waals surface area contributed by atoms with E-state index in [1.807, 2.05) is 62.4 Å². The fourth-order valence-electron chi connectivity index (χ4n) is 6.16. The quantitative estimate of drug-likeness (QED) is 0.0753. The van der Waals surface area contributed by atoms with Crippen LogP contribution < -0.4 is 25.4 Å². The van der Waals surface area contributed by atoms with Crippen LogP contribution in [0.15, 0.2) is 61.2 Å². The van der Waals surface area contributed by atoms with Gasteiger partial charge in [-0.05, 0) is 88.6 Å². The van der Waals surface area contributed by atoms with Gasteiger partial charge in [0.05, 0.1) is 10.8 Å². The number of carbonyl (C=O) groups is 1. The van der Waals surface area contributed by atoms with E-state index in [0.29, 0.717) is 48.4 Å². The van der Waals surface area contributed by atoms with Crippen LogP contribution in [0.25, 0.3) is 10.9 Å². The van der Waals surface area contributed by atoms with Crippen molar-refractivity contribution in [2.24, 2.45) is 5.92 Å². The van der Waals surface area contributed by atoms with Gasteiger partial charge in [0.2, 0.25) is 5.91 Å². The molecule has 4 rings (SSSR count). The summed E-state index contributed by atoms with van der Waals surface area (Å²) in [6, 6.07) is 17.7. The molecule has 1 fully saturated rings. The Bertz CT molecular complexity index is 1540. The molecule has 0 aliphatic heterocycles. The fourth-order valence-corrected chi connectivity index (χ4v) is 6.30. The van der Waals surface area contributed by atoms with E-state index < -0.39 is 12.2 Å². The van der Waals surface area contributed by atoms with Crippen LogP contribution in [0.3, 0.4) is 0 Å². The molecule has 0 radical (unpaired) electrons. The van der Waals surface area contributed by atoms with Crippen molar-refractivity contribution in [2.45, 2.75) is 96.1 Å². The number of hydrogen-bond acceptors (Lipinski definition) is 8. The number of aromatic amines is 1. The molecule has 1 saturated carbocycles. The average molecular weight is 755 g/mol. The van der Waals surface area contributed by atoms with E-state index in [9.17, 15) is 15.0 Å². The third-order valence-electron chi connectivity index (χ3n) is 9.16. The van der Waals surface area contributed by atoms with Gasteiger partial charge < -0.3 is 40.6 Å². The normalized spacial score (nSPS) is 18.8. The summed E-state index contributed by atoms with van der Waals surface area (Å²) in [6.45, 7) is 15.7. The van der Waals surface area contributed by atoms with Crippen LogP contribution in [-0.4, -0.2) is 82.1 Å². The van der Waals surface area contributed by atoms with Gasteiger partial charge in [-0.3, -0.25) is 4.79 Å². The molecule has 0 bridgehead atoms. The Kier molecular flexibility index (Phi) is 16.3. The molecule has 11 heteroatoms. The van der Waals surface area contributed by atoms with Crippen molar-refractivity contribution in [2.75, 3.05) is 31.6 Å². The van der Waals surface area contributed by atoms with Crippen LogP contribution in [0.1, 0.15) is 71.6 Å². The van der Waals surface area contributed by atoms with Crippen LogP contribution in [0.2, 0.25) is 0 Å². The molecule has 1 heterocycles. The first kappa shape index (κ1) is 41.0. The van der Waals surface area contributed by atoms with Gasteiger partial charge in [0.1, 0.15) is 48.7 Å². The van der Waals surface area contributed by atoms with Gasteiger partial charge >= 0.3 is 0 Å². The number of aromatic nitrogens is 1. The first-order valence-corrected chi connectivity index (χ1v) is 18.6. The second-order valence-corrected chi connectivity index (χ2v) is 14.8. The first-order chi connectivity index (χ1) is 23.8. The second-order valence-electron chi connectivity index (χ2n) is 14.2. The van der Waals surface area contributed by atoms with E-state index in [1.165, 1.54) is 0 Å². The van der Waals surface area contributed by atoms with Crippen molar-refractivity contribution in [1.29, 1.82) is 5.26 Å². The number of nitrogens with zero attached hydrogens (tertiary/aromatic N) is 1. The van der Waals surface area contributed by atoms with Crippen molar-refractivity contribution >= 4 is 32.7 Å². The highest BCUT2D eigenvalue weighted by atomic mass is 79.9. The number of alkyl halides is 1. The van der Waals surface area contributed by atoms with E-state index in [4.69, 9.17) is 14.7 Å². The number of aliphatic hydroxyl groups is 2. The summed E-state index contributed by atoms with van der Waals surface area (Å²) in [5.74, 6) is 1.91. The van der Waals surface area contributed by atoms with Gasteiger partial charge in [-0.25, -0.2) is 0 Å². The highest BCUT2D eigenvalue weighted by Crippen LogP contribution is 2.37. The van der Waals surface area contributed by atoms with E-state index in [0.717, 1.165) is 54.3 Å². The van der Waals surface area contributed by atoms with Gasteiger partial charge in [-0.1, -0.05) is 60.1 Å². The number of benzene rings is 2. The summed E-state index contributed by atoms with van der Waals surface area (Å²) in [7, 11) is 0. The summed E-state index contributed by atoms with van der Waals surface area (Å²) < 4.78 is 11.5. The molecular weight excluding hydrogens is 698 g/mol. The number of amides is 1. The maximum Gasteiger partial charge on any atom is 0.231 e. The molecule has 2 unspecified atom stereocenters. The Balaban J connectivity index is 0.000000319. The number of nitrogens with one attached hydrogen (secondary N) is 4. The van der Waals surface area contributed by atoms with Crippen LogP contribution in [0.5, 0.6) is 11.5 Å². The van der Waals surface area contributed by atoms with E-state index in [-0.39, 0.29) is 23.6 Å². The number of fused-ring (bicyclic) bond motifs is 1. The molecule has 1 aliphatic carbocycles. The minimum atomic E-state index is -0.649. The zero-order chi connectivity index (χ0) is 36.7. The van der Waals surface area contributed by atoms with Crippen molar-refractivity contribution in [3.05, 3.63) is 72.4 Å². The molecule has 50 heavy (non-hydrogen) atoms. The van der Waals surface area contributed by atoms with Crippen molar-refractivity contribution in [3.8, 4) is 17.6 Å². The molecule has 2 atom stereocenters. The van der Waals surface area contributed by atoms with Crippen molar-refractivity contribution < 1.29 is 24.5 Å². The highest BCUT2D eigenvalue weighted by Gasteiger charge is 2.38.